The van der Waals surface area contributed by atoms with Crippen molar-refractivity contribution >= 4 is 17.5 Å². The smallest absolute Gasteiger partial charge is 0.220 e. The van der Waals surface area contributed by atoms with Crippen LogP contribution in [0.5, 0.6) is 0 Å². The molecule has 19 heavy (non-hydrogen) atoms. The van der Waals surface area contributed by atoms with Crippen molar-refractivity contribution in [3.63, 3.8) is 0 Å². The SMILES string of the molecule is Cc1ccc(CNC2CCC(C(N)=O)CC2)c(Cl)c1. The largest absolute Gasteiger partial charge is 0.369 e. The van der Waals surface area contributed by atoms with Crippen LogP contribution in [0.1, 0.15) is 36.8 Å². The summed E-state index contributed by atoms with van der Waals surface area (Å²) in [6, 6.07) is 6.60. The highest BCUT2D eigenvalue weighted by atomic mass is 35.5. The molecule has 0 radical (unpaired) electrons. The van der Waals surface area contributed by atoms with E-state index >= 15 is 0 Å². The van der Waals surface area contributed by atoms with Gasteiger partial charge < -0.3 is 11.1 Å². The second-order valence-corrected chi connectivity index (χ2v) is 5.83. The Bertz CT molecular complexity index is 453. The van der Waals surface area contributed by atoms with E-state index in [0.717, 1.165) is 42.8 Å². The average molecular weight is 281 g/mol. The van der Waals surface area contributed by atoms with E-state index in [1.54, 1.807) is 0 Å². The summed E-state index contributed by atoms with van der Waals surface area (Å²) in [4.78, 5) is 11.1. The van der Waals surface area contributed by atoms with Crippen molar-refractivity contribution in [2.45, 2.75) is 45.2 Å². The number of halogens is 1. The Morgan fingerprint density at radius 2 is 2.05 bits per heavy atom. The maximum Gasteiger partial charge on any atom is 0.220 e. The summed E-state index contributed by atoms with van der Waals surface area (Å²) in [5, 5.41) is 4.34. The molecule has 0 saturated heterocycles. The molecule has 0 heterocycles. The summed E-state index contributed by atoms with van der Waals surface area (Å²) in [6.07, 6.45) is 3.82. The molecule has 1 saturated carbocycles. The maximum atomic E-state index is 11.1. The quantitative estimate of drug-likeness (QED) is 0.891. The number of hydrogen-bond donors (Lipinski definition) is 2. The Morgan fingerprint density at radius 1 is 1.37 bits per heavy atom. The van der Waals surface area contributed by atoms with Crippen molar-refractivity contribution < 1.29 is 4.79 Å². The number of benzene rings is 1. The number of aryl methyl sites for hydroxylation is 1. The zero-order valence-corrected chi connectivity index (χ0v) is 12.0. The van der Waals surface area contributed by atoms with Gasteiger partial charge in [-0.3, -0.25) is 4.79 Å². The molecule has 2 rings (SSSR count). The summed E-state index contributed by atoms with van der Waals surface area (Å²) in [6.45, 7) is 2.82. The molecule has 0 bridgehead atoms. The van der Waals surface area contributed by atoms with Gasteiger partial charge in [0.2, 0.25) is 5.91 Å². The van der Waals surface area contributed by atoms with E-state index in [2.05, 4.69) is 17.4 Å². The number of nitrogens with two attached hydrogens (primary N) is 1. The third kappa shape index (κ3) is 3.95. The average Bonchev–Trinajstić information content (AvgIpc) is 2.38. The fourth-order valence-corrected chi connectivity index (χ4v) is 2.93. The first-order chi connectivity index (χ1) is 9.06. The first kappa shape index (κ1) is 14.4. The molecule has 0 aliphatic heterocycles. The van der Waals surface area contributed by atoms with Gasteiger partial charge in [0.25, 0.3) is 0 Å². The highest BCUT2D eigenvalue weighted by Gasteiger charge is 2.24. The lowest BCUT2D eigenvalue weighted by atomic mass is 9.85. The van der Waals surface area contributed by atoms with Crippen LogP contribution in [0.15, 0.2) is 18.2 Å². The van der Waals surface area contributed by atoms with Crippen molar-refractivity contribution in [3.8, 4) is 0 Å². The third-order valence-corrected chi connectivity index (χ3v) is 4.27. The lowest BCUT2D eigenvalue weighted by molar-refractivity contribution is -0.122. The third-order valence-electron chi connectivity index (χ3n) is 3.92. The standard InChI is InChI=1S/C15H21ClN2O/c1-10-2-3-12(14(16)8-10)9-18-13-6-4-11(5-7-13)15(17)19/h2-3,8,11,13,18H,4-7,9H2,1H3,(H2,17,19). The second-order valence-electron chi connectivity index (χ2n) is 5.43. The van der Waals surface area contributed by atoms with Crippen molar-refractivity contribution in [2.75, 3.05) is 0 Å². The zero-order chi connectivity index (χ0) is 13.8. The minimum atomic E-state index is -0.153. The number of amides is 1. The van der Waals surface area contributed by atoms with Crippen LogP contribution in [0.2, 0.25) is 5.02 Å². The lowest BCUT2D eigenvalue weighted by Crippen LogP contribution is -2.36. The molecule has 3 N–H and O–H groups in total. The Labute approximate surface area is 119 Å². The minimum Gasteiger partial charge on any atom is -0.369 e. The summed E-state index contributed by atoms with van der Waals surface area (Å²) in [5.74, 6) is -0.0824. The van der Waals surface area contributed by atoms with Crippen LogP contribution in [0.4, 0.5) is 0 Å². The summed E-state index contributed by atoms with van der Waals surface area (Å²) >= 11 is 6.21. The maximum absolute atomic E-state index is 11.1. The van der Waals surface area contributed by atoms with Crippen molar-refractivity contribution in [1.82, 2.24) is 5.32 Å². The topological polar surface area (TPSA) is 55.1 Å². The van der Waals surface area contributed by atoms with E-state index in [1.807, 2.05) is 13.0 Å². The summed E-state index contributed by atoms with van der Waals surface area (Å²) < 4.78 is 0. The number of rotatable bonds is 4. The lowest BCUT2D eigenvalue weighted by Gasteiger charge is -2.27. The molecule has 0 atom stereocenters. The van der Waals surface area contributed by atoms with E-state index in [-0.39, 0.29) is 11.8 Å². The molecule has 0 unspecified atom stereocenters. The first-order valence-electron chi connectivity index (χ1n) is 6.84. The molecule has 0 aromatic heterocycles. The highest BCUT2D eigenvalue weighted by molar-refractivity contribution is 6.31. The molecule has 3 nitrogen and oxygen atoms in total. The van der Waals surface area contributed by atoms with Crippen LogP contribution < -0.4 is 11.1 Å². The van der Waals surface area contributed by atoms with Crippen LogP contribution in [-0.2, 0) is 11.3 Å². The molecular weight excluding hydrogens is 260 g/mol. The van der Waals surface area contributed by atoms with Crippen LogP contribution in [0.25, 0.3) is 0 Å². The van der Waals surface area contributed by atoms with E-state index in [4.69, 9.17) is 17.3 Å². The molecule has 1 amide bonds. The molecule has 1 aromatic rings. The van der Waals surface area contributed by atoms with Gasteiger partial charge in [-0.25, -0.2) is 0 Å². The van der Waals surface area contributed by atoms with Crippen LogP contribution in [-0.4, -0.2) is 11.9 Å². The fourth-order valence-electron chi connectivity index (χ4n) is 2.63. The fraction of sp³-hybridized carbons (Fsp3) is 0.533. The van der Waals surface area contributed by atoms with Crippen LogP contribution >= 0.6 is 11.6 Å². The van der Waals surface area contributed by atoms with Gasteiger partial charge in [0.05, 0.1) is 0 Å². The summed E-state index contributed by atoms with van der Waals surface area (Å²) in [7, 11) is 0. The van der Waals surface area contributed by atoms with Gasteiger partial charge in [0, 0.05) is 23.5 Å². The molecule has 1 aromatic carbocycles. The van der Waals surface area contributed by atoms with Gasteiger partial charge in [-0.2, -0.15) is 0 Å². The van der Waals surface area contributed by atoms with E-state index in [0.29, 0.717) is 6.04 Å². The van der Waals surface area contributed by atoms with Gasteiger partial charge in [0.1, 0.15) is 0 Å². The highest BCUT2D eigenvalue weighted by Crippen LogP contribution is 2.25. The first-order valence-corrected chi connectivity index (χ1v) is 7.22. The number of nitrogens with one attached hydrogen (secondary N) is 1. The van der Waals surface area contributed by atoms with E-state index in [9.17, 15) is 4.79 Å². The Kier molecular flexibility index (Phi) is 4.83. The van der Waals surface area contributed by atoms with Gasteiger partial charge >= 0.3 is 0 Å². The predicted molar refractivity (Wildman–Crippen MR) is 78.0 cm³/mol. The molecule has 4 heteroatoms. The molecule has 1 aliphatic carbocycles. The number of hydrogen-bond acceptors (Lipinski definition) is 2. The van der Waals surface area contributed by atoms with E-state index in [1.165, 1.54) is 5.56 Å². The number of carbonyl (C=O) groups is 1. The normalized spacial score (nSPS) is 23.3. The molecule has 104 valence electrons. The van der Waals surface area contributed by atoms with Crippen LogP contribution in [0, 0.1) is 12.8 Å². The molecule has 0 spiro atoms. The van der Waals surface area contributed by atoms with Gasteiger partial charge in [-0.15, -0.1) is 0 Å². The van der Waals surface area contributed by atoms with Gasteiger partial charge in [-0.05, 0) is 49.8 Å². The number of primary amides is 1. The Morgan fingerprint density at radius 3 is 2.63 bits per heavy atom. The van der Waals surface area contributed by atoms with Crippen molar-refractivity contribution in [3.05, 3.63) is 34.3 Å². The summed E-state index contributed by atoms with van der Waals surface area (Å²) in [5.41, 5.74) is 7.64. The Balaban J connectivity index is 1.82. The van der Waals surface area contributed by atoms with Crippen LogP contribution in [0.3, 0.4) is 0 Å². The van der Waals surface area contributed by atoms with Crippen molar-refractivity contribution in [1.29, 1.82) is 0 Å². The second kappa shape index (κ2) is 6.40. The van der Waals surface area contributed by atoms with E-state index < -0.39 is 0 Å². The van der Waals surface area contributed by atoms with Gasteiger partial charge in [0.15, 0.2) is 0 Å². The molecular formula is C15H21ClN2O. The van der Waals surface area contributed by atoms with Gasteiger partial charge in [-0.1, -0.05) is 23.7 Å². The monoisotopic (exact) mass is 280 g/mol. The minimum absolute atomic E-state index is 0.0704. The zero-order valence-electron chi connectivity index (χ0n) is 11.3. The number of carbonyl (C=O) groups excluding carboxylic acids is 1. The predicted octanol–water partition coefficient (Wildman–Crippen LogP) is 2.78. The molecule has 1 fully saturated rings. The Hall–Kier alpha value is -1.06. The molecule has 1 aliphatic rings. The van der Waals surface area contributed by atoms with Crippen molar-refractivity contribution in [2.24, 2.45) is 11.7 Å².